The Labute approximate surface area is 168 Å². The Morgan fingerprint density at radius 3 is 2.50 bits per heavy atom. The van der Waals surface area contributed by atoms with E-state index in [0.717, 1.165) is 38.3 Å². The molecule has 0 aliphatic carbocycles. The molecule has 1 aliphatic heterocycles. The van der Waals surface area contributed by atoms with Crippen molar-refractivity contribution in [1.82, 2.24) is 15.5 Å². The molecule has 0 radical (unpaired) electrons. The van der Waals surface area contributed by atoms with Crippen LogP contribution in [0.5, 0.6) is 0 Å². The van der Waals surface area contributed by atoms with Gasteiger partial charge in [-0.05, 0) is 59.2 Å². The Balaban J connectivity index is 2.04. The maximum atomic E-state index is 12.6. The predicted molar refractivity (Wildman–Crippen MR) is 115 cm³/mol. The maximum absolute atomic E-state index is 12.6. The topological polar surface area (TPSA) is 90.7 Å². The average molecular weight is 390 g/mol. The lowest BCUT2D eigenvalue weighted by Crippen LogP contribution is -2.45. The monoisotopic (exact) mass is 389 g/mol. The number of carbonyl (C=O) groups is 2. The first-order valence-electron chi connectivity index (χ1n) is 10.0. The third kappa shape index (κ3) is 6.41. The molecule has 0 spiro atoms. The Morgan fingerprint density at radius 2 is 1.86 bits per heavy atom. The lowest BCUT2D eigenvalue weighted by Gasteiger charge is -2.26. The minimum Gasteiger partial charge on any atom is -0.398 e. The molecule has 1 heterocycles. The number of anilines is 2. The summed E-state index contributed by atoms with van der Waals surface area (Å²) in [7, 11) is 0. The molecule has 1 fully saturated rings. The number of hydrogen-bond acceptors (Lipinski definition) is 5. The van der Waals surface area contributed by atoms with Gasteiger partial charge in [0.25, 0.3) is 5.91 Å². The fraction of sp³-hybridized carbons (Fsp3) is 0.619. The zero-order valence-corrected chi connectivity index (χ0v) is 17.8. The highest BCUT2D eigenvalue weighted by atomic mass is 16.2. The van der Waals surface area contributed by atoms with Crippen molar-refractivity contribution in [1.29, 1.82) is 0 Å². The van der Waals surface area contributed by atoms with Crippen LogP contribution in [0.4, 0.5) is 11.4 Å². The Kier molecular flexibility index (Phi) is 7.29. The fourth-order valence-corrected chi connectivity index (χ4v) is 3.37. The predicted octanol–water partition coefficient (Wildman–Crippen LogP) is 1.83. The van der Waals surface area contributed by atoms with Crippen LogP contribution in [-0.4, -0.2) is 61.0 Å². The summed E-state index contributed by atoms with van der Waals surface area (Å²) in [5.74, 6) is -0.557. The number of nitrogen functional groups attached to an aromatic ring is 1. The van der Waals surface area contributed by atoms with Crippen LogP contribution in [0.1, 0.15) is 51.4 Å². The van der Waals surface area contributed by atoms with Gasteiger partial charge < -0.3 is 21.3 Å². The van der Waals surface area contributed by atoms with Crippen molar-refractivity contribution in [3.8, 4) is 0 Å². The number of nitrogens with two attached hydrogens (primary N) is 1. The molecule has 0 aromatic heterocycles. The van der Waals surface area contributed by atoms with Gasteiger partial charge in [0.2, 0.25) is 5.91 Å². The van der Waals surface area contributed by atoms with Crippen molar-refractivity contribution in [2.24, 2.45) is 0 Å². The van der Waals surface area contributed by atoms with Gasteiger partial charge in [-0.15, -0.1) is 0 Å². The molecule has 7 nitrogen and oxygen atoms in total. The van der Waals surface area contributed by atoms with Gasteiger partial charge in [0.15, 0.2) is 0 Å². The quantitative estimate of drug-likeness (QED) is 0.669. The summed E-state index contributed by atoms with van der Waals surface area (Å²) in [4.78, 5) is 29.3. The van der Waals surface area contributed by atoms with Gasteiger partial charge in [0.05, 0.1) is 12.1 Å². The van der Waals surface area contributed by atoms with Gasteiger partial charge in [-0.2, -0.15) is 0 Å². The highest BCUT2D eigenvalue weighted by Crippen LogP contribution is 2.23. The Bertz CT molecular complexity index is 697. The number of hydrogen-bond donors (Lipinski definition) is 3. The van der Waals surface area contributed by atoms with Crippen LogP contribution in [0.25, 0.3) is 0 Å². The summed E-state index contributed by atoms with van der Waals surface area (Å²) < 4.78 is 0. The number of rotatable bonds is 5. The van der Waals surface area contributed by atoms with Crippen molar-refractivity contribution in [3.63, 3.8) is 0 Å². The maximum Gasteiger partial charge on any atom is 0.253 e. The number of amides is 2. The normalized spacial score (nSPS) is 16.0. The largest absolute Gasteiger partial charge is 0.398 e. The molecule has 0 unspecified atom stereocenters. The van der Waals surface area contributed by atoms with Gasteiger partial charge in [-0.1, -0.05) is 0 Å². The number of carbonyl (C=O) groups excluding carboxylic acids is 2. The van der Waals surface area contributed by atoms with E-state index < -0.39 is 0 Å². The molecule has 0 saturated carbocycles. The van der Waals surface area contributed by atoms with E-state index >= 15 is 0 Å². The smallest absolute Gasteiger partial charge is 0.253 e. The molecule has 1 aliphatic rings. The Morgan fingerprint density at radius 1 is 1.14 bits per heavy atom. The second kappa shape index (κ2) is 9.28. The summed E-state index contributed by atoms with van der Waals surface area (Å²) >= 11 is 0. The summed E-state index contributed by atoms with van der Waals surface area (Å²) in [5.41, 5.74) is 7.51. The zero-order chi connectivity index (χ0) is 20.9. The molecule has 28 heavy (non-hydrogen) atoms. The van der Waals surface area contributed by atoms with E-state index in [1.807, 2.05) is 32.9 Å². The van der Waals surface area contributed by atoms with Crippen molar-refractivity contribution in [3.05, 3.63) is 23.8 Å². The summed E-state index contributed by atoms with van der Waals surface area (Å²) in [5, 5.41) is 5.49. The lowest BCUT2D eigenvalue weighted by molar-refractivity contribution is -0.121. The highest BCUT2D eigenvalue weighted by molar-refractivity contribution is 6.01. The third-order valence-electron chi connectivity index (χ3n) is 4.83. The van der Waals surface area contributed by atoms with Crippen LogP contribution in [0.2, 0.25) is 0 Å². The van der Waals surface area contributed by atoms with E-state index in [1.165, 1.54) is 0 Å². The van der Waals surface area contributed by atoms with Crippen molar-refractivity contribution < 1.29 is 9.59 Å². The van der Waals surface area contributed by atoms with Crippen LogP contribution in [0.3, 0.4) is 0 Å². The highest BCUT2D eigenvalue weighted by Gasteiger charge is 2.20. The number of nitrogens with zero attached hydrogens (tertiary/aromatic N) is 2. The van der Waals surface area contributed by atoms with E-state index in [0.29, 0.717) is 17.3 Å². The first-order valence-corrected chi connectivity index (χ1v) is 10.0. The van der Waals surface area contributed by atoms with Crippen molar-refractivity contribution in [2.45, 2.75) is 52.6 Å². The van der Waals surface area contributed by atoms with Crippen LogP contribution >= 0.6 is 0 Å². The average Bonchev–Trinajstić information content (AvgIpc) is 2.85. The molecule has 1 aromatic carbocycles. The molecule has 7 heteroatoms. The van der Waals surface area contributed by atoms with Crippen LogP contribution in [-0.2, 0) is 4.79 Å². The lowest BCUT2D eigenvalue weighted by atomic mass is 10.1. The standard InChI is InChI=1S/C21H35N5O2/c1-15(2)25-9-6-10-26(12-11-25)16-7-8-18(22)17(13-16)20(28)23-14-19(27)24-21(3,4)5/h7-8,13,15H,6,9-12,14,22H2,1-5H3,(H,23,28)(H,24,27). The van der Waals surface area contributed by atoms with E-state index in [4.69, 9.17) is 5.73 Å². The molecule has 4 N–H and O–H groups in total. The number of nitrogens with one attached hydrogen (secondary N) is 2. The minimum atomic E-state index is -0.336. The van der Waals surface area contributed by atoms with Gasteiger partial charge in [0, 0.05) is 49.1 Å². The molecule has 2 amide bonds. The molecule has 2 rings (SSSR count). The second-order valence-corrected chi connectivity index (χ2v) is 8.72. The van der Waals surface area contributed by atoms with Gasteiger partial charge in [-0.25, -0.2) is 0 Å². The first-order chi connectivity index (χ1) is 13.1. The zero-order valence-electron chi connectivity index (χ0n) is 17.8. The molecule has 156 valence electrons. The molecular formula is C21H35N5O2. The van der Waals surface area contributed by atoms with Crippen molar-refractivity contribution in [2.75, 3.05) is 43.4 Å². The van der Waals surface area contributed by atoms with E-state index in [-0.39, 0.29) is 23.9 Å². The van der Waals surface area contributed by atoms with Gasteiger partial charge in [-0.3, -0.25) is 14.5 Å². The van der Waals surface area contributed by atoms with E-state index in [2.05, 4.69) is 34.3 Å². The van der Waals surface area contributed by atoms with E-state index in [1.54, 1.807) is 6.07 Å². The molecular weight excluding hydrogens is 354 g/mol. The van der Waals surface area contributed by atoms with Crippen LogP contribution < -0.4 is 21.3 Å². The fourth-order valence-electron chi connectivity index (χ4n) is 3.37. The Hall–Kier alpha value is -2.28. The second-order valence-electron chi connectivity index (χ2n) is 8.72. The summed E-state index contributed by atoms with van der Waals surface area (Å²) in [6, 6.07) is 6.10. The third-order valence-corrected chi connectivity index (χ3v) is 4.83. The summed E-state index contributed by atoms with van der Waals surface area (Å²) in [6.07, 6.45) is 1.08. The van der Waals surface area contributed by atoms with Crippen molar-refractivity contribution >= 4 is 23.2 Å². The van der Waals surface area contributed by atoms with E-state index in [9.17, 15) is 9.59 Å². The number of benzene rings is 1. The minimum absolute atomic E-state index is 0.0766. The first kappa shape index (κ1) is 22.0. The SMILES string of the molecule is CC(C)N1CCCN(c2ccc(N)c(C(=O)NCC(=O)NC(C)(C)C)c2)CC1. The molecule has 1 saturated heterocycles. The molecule has 0 atom stereocenters. The molecule has 1 aromatic rings. The molecule has 0 bridgehead atoms. The van der Waals surface area contributed by atoms with Gasteiger partial charge >= 0.3 is 0 Å². The van der Waals surface area contributed by atoms with Crippen LogP contribution in [0.15, 0.2) is 18.2 Å². The van der Waals surface area contributed by atoms with Gasteiger partial charge in [0.1, 0.15) is 0 Å². The summed E-state index contributed by atoms with van der Waals surface area (Å²) in [6.45, 7) is 14.0. The van der Waals surface area contributed by atoms with Crippen LogP contribution in [0, 0.1) is 0 Å².